The van der Waals surface area contributed by atoms with E-state index in [4.69, 9.17) is 9.47 Å². The topological polar surface area (TPSA) is 131 Å². The average Bonchev–Trinajstić information content (AvgIpc) is 3.27. The summed E-state index contributed by atoms with van der Waals surface area (Å²) in [6.45, 7) is -0.629. The zero-order valence-corrected chi connectivity index (χ0v) is 17.1. The summed E-state index contributed by atoms with van der Waals surface area (Å²) in [4.78, 5) is 37.1. The number of amides is 4. The van der Waals surface area contributed by atoms with E-state index in [2.05, 4.69) is 5.32 Å². The van der Waals surface area contributed by atoms with Gasteiger partial charge >= 0.3 is 6.03 Å². The highest BCUT2D eigenvalue weighted by Gasteiger charge is 2.43. The number of fused-ring (bicyclic) bond motifs is 1. The maximum absolute atomic E-state index is 12.7. The van der Waals surface area contributed by atoms with E-state index in [9.17, 15) is 22.8 Å². The van der Waals surface area contributed by atoms with E-state index in [0.717, 1.165) is 10.9 Å². The second kappa shape index (κ2) is 8.09. The minimum Gasteiger partial charge on any atom is -0.493 e. The number of rotatable bonds is 6. The zero-order valence-electron chi connectivity index (χ0n) is 15.4. The highest BCUT2D eigenvalue weighted by molar-refractivity contribution is 7.90. The molecule has 0 fully saturated rings. The SMILES string of the molecule is COc1cc2c(cc1OC)S(=O)(=O)N(CC(=O)NC(=O)NCc1cccs1)C2=O. The second-order valence-corrected chi connectivity index (χ2v) is 8.69. The maximum Gasteiger partial charge on any atom is 0.321 e. The molecule has 2 heterocycles. The first-order valence-electron chi connectivity index (χ1n) is 8.21. The first kappa shape index (κ1) is 20.6. The number of thiophene rings is 1. The molecule has 0 radical (unpaired) electrons. The fraction of sp³-hybridized carbons (Fsp3) is 0.235. The molecule has 1 aromatic heterocycles. The molecule has 2 N–H and O–H groups in total. The minimum absolute atomic E-state index is 0.127. The molecule has 1 aromatic carbocycles. The molecule has 12 heteroatoms. The van der Waals surface area contributed by atoms with E-state index >= 15 is 0 Å². The van der Waals surface area contributed by atoms with E-state index in [0.29, 0.717) is 4.31 Å². The van der Waals surface area contributed by atoms with Gasteiger partial charge < -0.3 is 14.8 Å². The van der Waals surface area contributed by atoms with E-state index in [1.54, 1.807) is 0 Å². The molecule has 1 aliphatic heterocycles. The van der Waals surface area contributed by atoms with Crippen LogP contribution >= 0.6 is 11.3 Å². The van der Waals surface area contributed by atoms with E-state index in [1.807, 2.05) is 22.8 Å². The summed E-state index contributed by atoms with van der Waals surface area (Å²) in [6, 6.07) is 5.22. The predicted molar refractivity (Wildman–Crippen MR) is 102 cm³/mol. The molecular formula is C17H17N3O7S2. The van der Waals surface area contributed by atoms with Crippen molar-refractivity contribution in [1.29, 1.82) is 0 Å². The van der Waals surface area contributed by atoms with Crippen molar-refractivity contribution in [3.8, 4) is 11.5 Å². The van der Waals surface area contributed by atoms with Gasteiger partial charge in [-0.25, -0.2) is 17.5 Å². The molecule has 0 saturated carbocycles. The van der Waals surface area contributed by atoms with Gasteiger partial charge in [-0.15, -0.1) is 11.3 Å². The third-order valence-electron chi connectivity index (χ3n) is 4.05. The van der Waals surface area contributed by atoms with Gasteiger partial charge in [-0.2, -0.15) is 0 Å². The minimum atomic E-state index is -4.27. The Morgan fingerprint density at radius 1 is 1.17 bits per heavy atom. The summed E-state index contributed by atoms with van der Waals surface area (Å²) in [6.07, 6.45) is 0. The molecule has 0 spiro atoms. The zero-order chi connectivity index (χ0) is 21.2. The van der Waals surface area contributed by atoms with Crippen LogP contribution in [0, 0.1) is 0 Å². The first-order chi connectivity index (χ1) is 13.8. The molecule has 0 unspecified atom stereocenters. The second-order valence-electron chi connectivity index (χ2n) is 5.83. The third kappa shape index (κ3) is 4.03. The van der Waals surface area contributed by atoms with Gasteiger partial charge in [0.1, 0.15) is 11.4 Å². The van der Waals surface area contributed by atoms with Crippen molar-refractivity contribution < 1.29 is 32.3 Å². The van der Waals surface area contributed by atoms with Crippen molar-refractivity contribution in [1.82, 2.24) is 14.9 Å². The van der Waals surface area contributed by atoms with Gasteiger partial charge in [0.15, 0.2) is 11.5 Å². The van der Waals surface area contributed by atoms with E-state index < -0.39 is 34.4 Å². The van der Waals surface area contributed by atoms with Crippen LogP contribution in [0.15, 0.2) is 34.5 Å². The van der Waals surface area contributed by atoms with Crippen molar-refractivity contribution in [2.75, 3.05) is 20.8 Å². The Bertz CT molecular complexity index is 1060. The number of hydrogen-bond acceptors (Lipinski definition) is 8. The number of carbonyl (C=O) groups excluding carboxylic acids is 3. The van der Waals surface area contributed by atoms with Crippen LogP contribution in [0.4, 0.5) is 4.79 Å². The number of ether oxygens (including phenoxy) is 2. The lowest BCUT2D eigenvalue weighted by Gasteiger charge is -2.14. The molecular weight excluding hydrogens is 422 g/mol. The average molecular weight is 439 g/mol. The number of methoxy groups -OCH3 is 2. The molecule has 0 aliphatic carbocycles. The summed E-state index contributed by atoms with van der Waals surface area (Å²) in [5.41, 5.74) is -0.141. The summed E-state index contributed by atoms with van der Waals surface area (Å²) >= 11 is 1.43. The lowest BCUT2D eigenvalue weighted by molar-refractivity contribution is -0.119. The van der Waals surface area contributed by atoms with E-state index in [1.165, 1.54) is 31.6 Å². The first-order valence-corrected chi connectivity index (χ1v) is 10.5. The van der Waals surface area contributed by atoms with E-state index in [-0.39, 0.29) is 28.5 Å². The Morgan fingerprint density at radius 2 is 1.86 bits per heavy atom. The number of urea groups is 1. The summed E-state index contributed by atoms with van der Waals surface area (Å²) in [7, 11) is -1.60. The molecule has 3 rings (SSSR count). The van der Waals surface area contributed by atoms with Crippen molar-refractivity contribution in [3.63, 3.8) is 0 Å². The van der Waals surface area contributed by atoms with Crippen LogP contribution in [-0.4, -0.2) is 51.3 Å². The Labute approximate surface area is 170 Å². The maximum atomic E-state index is 12.7. The van der Waals surface area contributed by atoms with Crippen LogP contribution < -0.4 is 20.1 Å². The van der Waals surface area contributed by atoms with Crippen LogP contribution in [-0.2, 0) is 21.4 Å². The van der Waals surface area contributed by atoms with Crippen molar-refractivity contribution in [2.24, 2.45) is 0 Å². The molecule has 2 aromatic rings. The highest BCUT2D eigenvalue weighted by Crippen LogP contribution is 2.38. The molecule has 154 valence electrons. The van der Waals surface area contributed by atoms with Crippen LogP contribution in [0.2, 0.25) is 0 Å². The fourth-order valence-corrected chi connectivity index (χ4v) is 4.85. The Balaban J connectivity index is 1.71. The standard InChI is InChI=1S/C17H17N3O7S2/c1-26-12-6-11-14(7-13(12)27-2)29(24,25)20(16(11)22)9-15(21)19-17(23)18-8-10-4-3-5-28-10/h3-7H,8-9H2,1-2H3,(H2,18,19,21,23). The number of carbonyl (C=O) groups is 3. The summed E-state index contributed by atoms with van der Waals surface area (Å²) in [5, 5.41) is 6.32. The van der Waals surface area contributed by atoms with Crippen molar-refractivity contribution in [3.05, 3.63) is 40.1 Å². The summed E-state index contributed by atoms with van der Waals surface area (Å²) in [5.74, 6) is -1.54. The number of nitrogens with zero attached hydrogens (tertiary/aromatic N) is 1. The molecule has 0 saturated heterocycles. The number of benzene rings is 1. The quantitative estimate of drug-likeness (QED) is 0.685. The molecule has 10 nitrogen and oxygen atoms in total. The number of imide groups is 1. The largest absolute Gasteiger partial charge is 0.493 e. The summed E-state index contributed by atoms with van der Waals surface area (Å²) < 4.78 is 35.9. The van der Waals surface area contributed by atoms with Crippen LogP contribution in [0.1, 0.15) is 15.2 Å². The van der Waals surface area contributed by atoms with Crippen LogP contribution in [0.3, 0.4) is 0 Å². The Kier molecular flexibility index (Phi) is 5.75. The van der Waals surface area contributed by atoms with Gasteiger partial charge in [-0.1, -0.05) is 6.07 Å². The van der Waals surface area contributed by atoms with Gasteiger partial charge in [-0.3, -0.25) is 14.9 Å². The smallest absolute Gasteiger partial charge is 0.321 e. The van der Waals surface area contributed by atoms with Crippen molar-refractivity contribution >= 4 is 39.2 Å². The van der Waals surface area contributed by atoms with Gasteiger partial charge in [0.25, 0.3) is 15.9 Å². The molecule has 29 heavy (non-hydrogen) atoms. The Morgan fingerprint density at radius 3 is 2.48 bits per heavy atom. The highest BCUT2D eigenvalue weighted by atomic mass is 32.2. The van der Waals surface area contributed by atoms with Gasteiger partial charge in [0, 0.05) is 10.9 Å². The molecule has 0 atom stereocenters. The van der Waals surface area contributed by atoms with Gasteiger partial charge in [-0.05, 0) is 17.5 Å². The van der Waals surface area contributed by atoms with Gasteiger partial charge in [0.05, 0.1) is 26.3 Å². The normalized spacial score (nSPS) is 14.3. The van der Waals surface area contributed by atoms with Crippen LogP contribution in [0.25, 0.3) is 0 Å². The molecule has 1 aliphatic rings. The van der Waals surface area contributed by atoms with Crippen LogP contribution in [0.5, 0.6) is 11.5 Å². The number of nitrogens with one attached hydrogen (secondary N) is 2. The molecule has 0 bridgehead atoms. The monoisotopic (exact) mass is 439 g/mol. The third-order valence-corrected chi connectivity index (χ3v) is 6.70. The number of sulfonamides is 1. The Hall–Kier alpha value is -3.12. The molecule has 4 amide bonds. The fourth-order valence-electron chi connectivity index (χ4n) is 2.68. The lowest BCUT2D eigenvalue weighted by Crippen LogP contribution is -2.45. The number of hydrogen-bond donors (Lipinski definition) is 2. The van der Waals surface area contributed by atoms with Gasteiger partial charge in [0.2, 0.25) is 5.91 Å². The lowest BCUT2D eigenvalue weighted by atomic mass is 10.2. The predicted octanol–water partition coefficient (Wildman–Crippen LogP) is 0.936. The van der Waals surface area contributed by atoms with Crippen molar-refractivity contribution in [2.45, 2.75) is 11.4 Å².